The van der Waals surface area contributed by atoms with Crippen molar-refractivity contribution < 1.29 is 23.1 Å². The quantitative estimate of drug-likeness (QED) is 0.410. The molecule has 2 aliphatic carbocycles. The SMILES string of the molecule is CC1/C=C/[C@@H](O)[C@@H]2CC[C@H]2CN2C[C@@]3(CCCc4cc(Cl)ccc43)COc3ccc(cc32)C(=O)NS(=O)(=O)C[C@@H]1C. The van der Waals surface area contributed by atoms with E-state index in [9.17, 15) is 18.3 Å². The Morgan fingerprint density at radius 2 is 1.95 bits per heavy atom. The van der Waals surface area contributed by atoms with E-state index in [4.69, 9.17) is 16.3 Å². The molecule has 0 saturated heterocycles. The molecule has 2 heterocycles. The average molecular weight is 599 g/mol. The number of anilines is 1. The summed E-state index contributed by atoms with van der Waals surface area (Å²) in [5, 5.41) is 11.9. The first-order chi connectivity index (χ1) is 19.5. The smallest absolute Gasteiger partial charge is 0.264 e. The first-order valence-electron chi connectivity index (χ1n) is 14.8. The van der Waals surface area contributed by atoms with Crippen molar-refractivity contribution in [2.45, 2.75) is 57.5 Å². The molecule has 2 aliphatic heterocycles. The van der Waals surface area contributed by atoms with Crippen LogP contribution in [-0.2, 0) is 21.9 Å². The van der Waals surface area contributed by atoms with E-state index < -0.39 is 22.0 Å². The second kappa shape index (κ2) is 10.9. The predicted molar refractivity (Wildman–Crippen MR) is 161 cm³/mol. The van der Waals surface area contributed by atoms with Crippen LogP contribution in [0.2, 0.25) is 5.02 Å². The Morgan fingerprint density at radius 3 is 2.73 bits per heavy atom. The Balaban J connectivity index is 1.42. The zero-order valence-corrected chi connectivity index (χ0v) is 25.3. The normalized spacial score (nSPS) is 33.8. The predicted octanol–water partition coefficient (Wildman–Crippen LogP) is 5.10. The van der Waals surface area contributed by atoms with Crippen LogP contribution in [0.15, 0.2) is 48.6 Å². The highest BCUT2D eigenvalue weighted by atomic mass is 35.5. The topological polar surface area (TPSA) is 95.9 Å². The van der Waals surface area contributed by atoms with Gasteiger partial charge in [-0.1, -0.05) is 43.7 Å². The lowest BCUT2D eigenvalue weighted by atomic mass is 9.68. The summed E-state index contributed by atoms with van der Waals surface area (Å²) in [6.45, 7) is 5.71. The van der Waals surface area contributed by atoms with Gasteiger partial charge in [-0.15, -0.1) is 0 Å². The van der Waals surface area contributed by atoms with Gasteiger partial charge in [0, 0.05) is 29.1 Å². The number of rotatable bonds is 0. The second-order valence-corrected chi connectivity index (χ2v) is 14.9. The second-order valence-electron chi connectivity index (χ2n) is 12.7. The zero-order valence-electron chi connectivity index (χ0n) is 23.7. The molecule has 4 aliphatic rings. The number of nitrogens with one attached hydrogen (secondary N) is 1. The van der Waals surface area contributed by atoms with Gasteiger partial charge in [0.05, 0.1) is 24.2 Å². The first-order valence-corrected chi connectivity index (χ1v) is 16.8. The summed E-state index contributed by atoms with van der Waals surface area (Å²) in [4.78, 5) is 15.6. The number of hydrogen-bond acceptors (Lipinski definition) is 6. The molecule has 9 heteroatoms. The molecule has 2 aromatic carbocycles. The number of allylic oxidation sites excluding steroid dienone is 1. The van der Waals surface area contributed by atoms with Gasteiger partial charge in [0.25, 0.3) is 5.91 Å². The van der Waals surface area contributed by atoms with Crippen LogP contribution in [0, 0.1) is 23.7 Å². The van der Waals surface area contributed by atoms with Gasteiger partial charge in [-0.3, -0.25) is 4.79 Å². The van der Waals surface area contributed by atoms with Crippen molar-refractivity contribution in [1.29, 1.82) is 0 Å². The molecule has 1 fully saturated rings. The van der Waals surface area contributed by atoms with Crippen LogP contribution in [0.5, 0.6) is 5.75 Å². The molecule has 1 unspecified atom stereocenters. The van der Waals surface area contributed by atoms with E-state index in [0.29, 0.717) is 25.4 Å². The summed E-state index contributed by atoms with van der Waals surface area (Å²) >= 11 is 6.38. The highest BCUT2D eigenvalue weighted by molar-refractivity contribution is 7.90. The van der Waals surface area contributed by atoms with Crippen molar-refractivity contribution in [3.05, 3.63) is 70.3 Å². The molecular formula is C32H39ClN2O5S. The molecule has 6 atom stereocenters. The molecule has 220 valence electrons. The number of ether oxygens (including phenoxy) is 1. The maximum atomic E-state index is 13.2. The standard InChI is InChI=1S/C32H39ClN2O5S/c1-20-5-11-29(36)26-9-6-24(26)16-35-18-32(13-3-4-22-14-25(33)8-10-27(22)32)19-40-30-12-7-23(15-28(30)35)31(37)34-41(38,39)17-21(20)2/h5,7-8,10-12,14-15,20-21,24,26,29,36H,3-4,6,9,13,16-19H2,1-2H3,(H,34,37)/b11-5+/t20?,21-,24-,26+,29+,32-/m0/s1. The van der Waals surface area contributed by atoms with Gasteiger partial charge < -0.3 is 14.7 Å². The van der Waals surface area contributed by atoms with E-state index in [-0.39, 0.29) is 40.4 Å². The highest BCUT2D eigenvalue weighted by Crippen LogP contribution is 2.46. The van der Waals surface area contributed by atoms with Crippen LogP contribution in [0.4, 0.5) is 5.69 Å². The Labute approximate surface area is 248 Å². The fraction of sp³-hybridized carbons (Fsp3) is 0.531. The number of halogens is 1. The number of sulfonamides is 1. The van der Waals surface area contributed by atoms with Gasteiger partial charge in [0.1, 0.15) is 5.75 Å². The van der Waals surface area contributed by atoms with Crippen molar-refractivity contribution in [3.8, 4) is 5.75 Å². The number of hydrogen-bond donors (Lipinski definition) is 2. The first kappa shape index (κ1) is 28.6. The van der Waals surface area contributed by atoms with E-state index in [1.165, 1.54) is 11.1 Å². The molecule has 1 saturated carbocycles. The van der Waals surface area contributed by atoms with Crippen LogP contribution in [0.1, 0.15) is 61.0 Å². The highest BCUT2D eigenvalue weighted by Gasteiger charge is 2.44. The van der Waals surface area contributed by atoms with Gasteiger partial charge >= 0.3 is 0 Å². The van der Waals surface area contributed by atoms with Gasteiger partial charge in [-0.25, -0.2) is 13.1 Å². The Morgan fingerprint density at radius 1 is 1.12 bits per heavy atom. The van der Waals surface area contributed by atoms with Gasteiger partial charge in [0.15, 0.2) is 0 Å². The van der Waals surface area contributed by atoms with E-state index in [0.717, 1.165) is 42.8 Å². The van der Waals surface area contributed by atoms with E-state index >= 15 is 0 Å². The van der Waals surface area contributed by atoms with Gasteiger partial charge in [0.2, 0.25) is 10.0 Å². The minimum atomic E-state index is -3.86. The van der Waals surface area contributed by atoms with E-state index in [1.807, 2.05) is 32.1 Å². The largest absolute Gasteiger partial charge is 0.490 e. The Bertz CT molecular complexity index is 1480. The lowest BCUT2D eigenvalue weighted by Gasteiger charge is -2.45. The zero-order chi connectivity index (χ0) is 28.9. The molecule has 6 rings (SSSR count). The third-order valence-electron chi connectivity index (χ3n) is 9.91. The number of carbonyl (C=O) groups excluding carboxylic acids is 1. The monoisotopic (exact) mass is 598 g/mol. The average Bonchev–Trinajstić information content (AvgIpc) is 3.05. The molecule has 7 nitrogen and oxygen atoms in total. The summed E-state index contributed by atoms with van der Waals surface area (Å²) in [5.74, 6) is -0.0304. The molecule has 0 radical (unpaired) electrons. The fourth-order valence-electron chi connectivity index (χ4n) is 7.17. The van der Waals surface area contributed by atoms with Crippen molar-refractivity contribution >= 4 is 33.2 Å². The molecule has 1 spiro atoms. The third-order valence-corrected chi connectivity index (χ3v) is 11.6. The summed E-state index contributed by atoms with van der Waals surface area (Å²) < 4.78 is 34.7. The summed E-state index contributed by atoms with van der Waals surface area (Å²) in [6, 6.07) is 11.4. The number of aliphatic hydroxyl groups excluding tert-OH is 1. The van der Waals surface area contributed by atoms with Crippen molar-refractivity contribution in [2.75, 3.05) is 30.3 Å². The van der Waals surface area contributed by atoms with Crippen molar-refractivity contribution in [2.24, 2.45) is 23.7 Å². The minimum Gasteiger partial charge on any atom is -0.490 e. The Hall–Kier alpha value is -2.55. The number of aliphatic hydroxyl groups is 1. The summed E-state index contributed by atoms with van der Waals surface area (Å²) in [5.41, 5.74) is 3.33. The summed E-state index contributed by atoms with van der Waals surface area (Å²) in [7, 11) is -3.86. The fourth-order valence-corrected chi connectivity index (χ4v) is 8.84. The van der Waals surface area contributed by atoms with Crippen LogP contribution in [0.25, 0.3) is 0 Å². The third kappa shape index (κ3) is 5.63. The Kier molecular flexibility index (Phi) is 7.62. The molecule has 0 aromatic heterocycles. The van der Waals surface area contributed by atoms with Crippen LogP contribution in [0.3, 0.4) is 0 Å². The van der Waals surface area contributed by atoms with E-state index in [1.54, 1.807) is 18.2 Å². The number of benzene rings is 2. The minimum absolute atomic E-state index is 0.0730. The number of amides is 1. The molecule has 2 aromatic rings. The lowest BCUT2D eigenvalue weighted by Crippen LogP contribution is -2.49. The maximum Gasteiger partial charge on any atom is 0.264 e. The molecule has 41 heavy (non-hydrogen) atoms. The number of fused-ring (bicyclic) bond motifs is 4. The van der Waals surface area contributed by atoms with Gasteiger partial charge in [-0.05, 0) is 97.2 Å². The van der Waals surface area contributed by atoms with Crippen LogP contribution in [-0.4, -0.2) is 51.0 Å². The van der Waals surface area contributed by atoms with Crippen molar-refractivity contribution in [1.82, 2.24) is 4.72 Å². The van der Waals surface area contributed by atoms with Crippen LogP contribution >= 0.6 is 11.6 Å². The van der Waals surface area contributed by atoms with E-state index in [2.05, 4.69) is 21.8 Å². The molecule has 2 N–H and O–H groups in total. The summed E-state index contributed by atoms with van der Waals surface area (Å²) in [6.07, 6.45) is 8.11. The molecule has 1 amide bonds. The molecule has 2 bridgehead atoms. The van der Waals surface area contributed by atoms with Gasteiger partial charge in [-0.2, -0.15) is 0 Å². The molecular weight excluding hydrogens is 560 g/mol. The lowest BCUT2D eigenvalue weighted by molar-refractivity contribution is 0.0454. The van der Waals surface area contributed by atoms with Crippen molar-refractivity contribution in [3.63, 3.8) is 0 Å². The number of aryl methyl sites for hydroxylation is 1. The maximum absolute atomic E-state index is 13.2. The van der Waals surface area contributed by atoms with Crippen LogP contribution < -0.4 is 14.4 Å². The number of nitrogens with zero attached hydrogens (tertiary/aromatic N) is 1. The number of carbonyl (C=O) groups is 1.